The maximum atomic E-state index is 10.0. The summed E-state index contributed by atoms with van der Waals surface area (Å²) in [5, 5.41) is 0. The Bertz CT molecular complexity index is 61.1. The molecule has 2 nitrogen and oxygen atoms in total. The van der Waals surface area contributed by atoms with E-state index < -0.39 is 0 Å². The lowest BCUT2D eigenvalue weighted by atomic mass is 10.2. The van der Waals surface area contributed by atoms with Crippen LogP contribution in [0.4, 0.5) is 0 Å². The monoisotopic (exact) mass is 100 g/mol. The van der Waals surface area contributed by atoms with Crippen molar-refractivity contribution in [1.29, 1.82) is 0 Å². The minimum atomic E-state index is -0.0227. The maximum absolute atomic E-state index is 10.0. The van der Waals surface area contributed by atoms with Gasteiger partial charge in [-0.25, -0.2) is 0 Å². The Balaban J connectivity index is 2.82. The molecule has 0 aliphatic heterocycles. The minimum Gasteiger partial charge on any atom is -0.330 e. The molecule has 0 saturated heterocycles. The molecule has 0 bridgehead atoms. The zero-order valence-electron chi connectivity index (χ0n) is 4.31. The van der Waals surface area contributed by atoms with E-state index in [1.54, 1.807) is 0 Å². The molecule has 1 radical (unpaired) electrons. The molecule has 0 aromatic rings. The molecule has 0 rings (SSSR count). The Morgan fingerprint density at radius 1 is 1.71 bits per heavy atom. The van der Waals surface area contributed by atoms with E-state index in [0.717, 1.165) is 6.42 Å². The summed E-state index contributed by atoms with van der Waals surface area (Å²) in [6.45, 7) is 3.77. The first-order valence-electron chi connectivity index (χ1n) is 2.32. The first-order chi connectivity index (χ1) is 3.27. The summed E-state index contributed by atoms with van der Waals surface area (Å²) in [5.41, 5.74) is 5.10. The van der Waals surface area contributed by atoms with E-state index in [2.05, 4.69) is 6.92 Å². The van der Waals surface area contributed by atoms with Gasteiger partial charge in [-0.1, -0.05) is 0 Å². The molecule has 7 heavy (non-hydrogen) atoms. The second-order valence-corrected chi connectivity index (χ2v) is 1.43. The van der Waals surface area contributed by atoms with Crippen molar-refractivity contribution in [2.45, 2.75) is 12.8 Å². The average Bonchev–Trinajstić information content (AvgIpc) is 1.61. The number of hydrogen-bond acceptors (Lipinski definition) is 2. The quantitative estimate of drug-likeness (QED) is 0.547. The molecule has 0 aromatic carbocycles. The normalized spacial score (nSPS) is 8.86. The minimum absolute atomic E-state index is 0.0227. The largest absolute Gasteiger partial charge is 0.330 e. The number of rotatable bonds is 3. The van der Waals surface area contributed by atoms with Crippen LogP contribution in [0, 0.1) is 6.92 Å². The van der Waals surface area contributed by atoms with Crippen LogP contribution in [0.2, 0.25) is 0 Å². The van der Waals surface area contributed by atoms with Gasteiger partial charge in [-0.05, 0) is 13.0 Å². The smallest absolute Gasteiger partial charge is 0.133 e. The van der Waals surface area contributed by atoms with Crippen molar-refractivity contribution >= 4 is 5.78 Å². The van der Waals surface area contributed by atoms with E-state index in [1.165, 1.54) is 0 Å². The van der Waals surface area contributed by atoms with E-state index in [0.29, 0.717) is 13.0 Å². The molecular weight excluding hydrogens is 90.1 g/mol. The third-order valence-electron chi connectivity index (χ3n) is 0.660. The lowest BCUT2D eigenvalue weighted by Crippen LogP contribution is -2.01. The second-order valence-electron chi connectivity index (χ2n) is 1.43. The summed E-state index contributed by atoms with van der Waals surface area (Å²) in [6.07, 6.45) is 1.29. The Hall–Kier alpha value is -0.370. The molecule has 2 heteroatoms. The van der Waals surface area contributed by atoms with Gasteiger partial charge in [0, 0.05) is 13.3 Å². The fourth-order valence-electron chi connectivity index (χ4n) is 0.299. The Morgan fingerprint density at radius 2 is 2.29 bits per heavy atom. The van der Waals surface area contributed by atoms with E-state index >= 15 is 0 Å². The topological polar surface area (TPSA) is 43.1 Å². The molecule has 0 unspecified atom stereocenters. The number of hydrogen-bond donors (Lipinski definition) is 1. The summed E-state index contributed by atoms with van der Waals surface area (Å²) >= 11 is 0. The number of ketones is 1. The van der Waals surface area contributed by atoms with Crippen LogP contribution in [0.25, 0.3) is 0 Å². The lowest BCUT2D eigenvalue weighted by Gasteiger charge is -1.86. The average molecular weight is 100 g/mol. The molecule has 2 N–H and O–H groups in total. The van der Waals surface area contributed by atoms with Crippen LogP contribution in [0.5, 0.6) is 0 Å². The number of Topliss-reactive ketones (excluding diaryl/α,β-unsaturated/α-hetero) is 1. The molecule has 0 aliphatic rings. The van der Waals surface area contributed by atoms with Crippen molar-refractivity contribution in [3.05, 3.63) is 6.92 Å². The van der Waals surface area contributed by atoms with Gasteiger partial charge in [0.05, 0.1) is 0 Å². The van der Waals surface area contributed by atoms with E-state index in [-0.39, 0.29) is 5.78 Å². The predicted molar refractivity (Wildman–Crippen MR) is 28.7 cm³/mol. The highest BCUT2D eigenvalue weighted by Gasteiger charge is 1.87. The van der Waals surface area contributed by atoms with Crippen molar-refractivity contribution < 1.29 is 4.79 Å². The van der Waals surface area contributed by atoms with Crippen molar-refractivity contribution in [1.82, 2.24) is 0 Å². The van der Waals surface area contributed by atoms with Crippen LogP contribution in [-0.2, 0) is 4.79 Å². The van der Waals surface area contributed by atoms with Crippen LogP contribution >= 0.6 is 0 Å². The van der Waals surface area contributed by atoms with Gasteiger partial charge < -0.3 is 5.73 Å². The third kappa shape index (κ3) is 5.63. The highest BCUT2D eigenvalue weighted by molar-refractivity contribution is 5.82. The number of carbonyl (C=O) groups excluding carboxylic acids is 1. The highest BCUT2D eigenvalue weighted by Crippen LogP contribution is 1.84. The summed E-state index contributed by atoms with van der Waals surface area (Å²) < 4.78 is 0. The molecule has 0 aliphatic carbocycles. The molecule has 0 heterocycles. The van der Waals surface area contributed by atoms with E-state index in [1.807, 2.05) is 0 Å². The van der Waals surface area contributed by atoms with Crippen molar-refractivity contribution in [3.8, 4) is 0 Å². The Labute approximate surface area is 43.7 Å². The second kappa shape index (κ2) is 3.81. The zero-order chi connectivity index (χ0) is 5.70. The standard InChI is InChI=1S/C5H10NO/c1-5(7)3-2-4-6/h1-4,6H2. The summed E-state index contributed by atoms with van der Waals surface area (Å²) in [5.74, 6) is -0.0227. The molecule has 0 aromatic heterocycles. The molecule has 41 valence electrons. The first-order valence-corrected chi connectivity index (χ1v) is 2.32. The van der Waals surface area contributed by atoms with Crippen molar-refractivity contribution in [3.63, 3.8) is 0 Å². The fraction of sp³-hybridized carbons (Fsp3) is 0.600. The lowest BCUT2D eigenvalue weighted by molar-refractivity contribution is -0.114. The summed E-state index contributed by atoms with van der Waals surface area (Å²) in [7, 11) is 0. The SMILES string of the molecule is [CH2]C(=O)CCCN. The Kier molecular flexibility index (Phi) is 3.61. The third-order valence-corrected chi connectivity index (χ3v) is 0.660. The van der Waals surface area contributed by atoms with Crippen LogP contribution < -0.4 is 5.73 Å². The van der Waals surface area contributed by atoms with Gasteiger partial charge in [-0.2, -0.15) is 0 Å². The fourth-order valence-corrected chi connectivity index (χ4v) is 0.299. The van der Waals surface area contributed by atoms with Gasteiger partial charge in [0.25, 0.3) is 0 Å². The van der Waals surface area contributed by atoms with Gasteiger partial charge >= 0.3 is 0 Å². The van der Waals surface area contributed by atoms with Gasteiger partial charge in [-0.3, -0.25) is 4.79 Å². The molecule has 0 spiro atoms. The van der Waals surface area contributed by atoms with Crippen LogP contribution in [0.1, 0.15) is 12.8 Å². The van der Waals surface area contributed by atoms with Crippen molar-refractivity contribution in [2.24, 2.45) is 5.73 Å². The van der Waals surface area contributed by atoms with E-state index in [4.69, 9.17) is 5.73 Å². The van der Waals surface area contributed by atoms with Crippen LogP contribution in [-0.4, -0.2) is 12.3 Å². The number of nitrogens with two attached hydrogens (primary N) is 1. The molecular formula is C5H10NO. The summed E-state index contributed by atoms with van der Waals surface area (Å²) in [6, 6.07) is 0. The summed E-state index contributed by atoms with van der Waals surface area (Å²) in [4.78, 5) is 10.0. The van der Waals surface area contributed by atoms with E-state index in [9.17, 15) is 4.79 Å². The maximum Gasteiger partial charge on any atom is 0.133 e. The zero-order valence-corrected chi connectivity index (χ0v) is 4.31. The highest BCUT2D eigenvalue weighted by atomic mass is 16.1. The van der Waals surface area contributed by atoms with Crippen molar-refractivity contribution in [2.75, 3.05) is 6.54 Å². The Morgan fingerprint density at radius 3 is 2.43 bits per heavy atom. The molecule has 0 fully saturated rings. The van der Waals surface area contributed by atoms with Gasteiger partial charge in [-0.15, -0.1) is 0 Å². The van der Waals surface area contributed by atoms with Gasteiger partial charge in [0.1, 0.15) is 5.78 Å². The van der Waals surface area contributed by atoms with Crippen LogP contribution in [0.15, 0.2) is 0 Å². The van der Waals surface area contributed by atoms with Crippen LogP contribution in [0.3, 0.4) is 0 Å². The predicted octanol–water partition coefficient (Wildman–Crippen LogP) is 0.128. The molecule has 0 saturated carbocycles. The van der Waals surface area contributed by atoms with Gasteiger partial charge in [0.15, 0.2) is 0 Å². The molecule has 0 atom stereocenters. The number of carbonyl (C=O) groups is 1. The molecule has 0 amide bonds. The van der Waals surface area contributed by atoms with Gasteiger partial charge in [0.2, 0.25) is 0 Å². The first kappa shape index (κ1) is 6.63.